The number of hydrogen-bond donors (Lipinski definition) is 10. The van der Waals surface area contributed by atoms with Gasteiger partial charge in [-0.25, -0.2) is 4.79 Å². The highest BCUT2D eigenvalue weighted by atomic mass is 16.7. The van der Waals surface area contributed by atoms with E-state index in [0.717, 1.165) is 25.7 Å². The van der Waals surface area contributed by atoms with Gasteiger partial charge in [0.05, 0.1) is 30.8 Å². The van der Waals surface area contributed by atoms with Crippen LogP contribution in [0.5, 0.6) is 0 Å². The molecule has 0 aromatic heterocycles. The van der Waals surface area contributed by atoms with E-state index >= 15 is 0 Å². The summed E-state index contributed by atoms with van der Waals surface area (Å²) in [6.07, 6.45) is -12.6. The van der Waals surface area contributed by atoms with Crippen molar-refractivity contribution in [2.75, 3.05) is 13.2 Å². The van der Waals surface area contributed by atoms with Crippen LogP contribution in [0.4, 0.5) is 0 Å². The molecule has 0 amide bonds. The number of rotatable bonds is 8. The first-order valence-electron chi connectivity index (χ1n) is 21.0. The van der Waals surface area contributed by atoms with E-state index < -0.39 is 115 Å². The summed E-state index contributed by atoms with van der Waals surface area (Å²) < 4.78 is 23.1. The zero-order chi connectivity index (χ0) is 42.7. The fraction of sp³-hybridized carbons (Fsp3) is 0.905. The van der Waals surface area contributed by atoms with Crippen molar-refractivity contribution in [2.45, 2.75) is 173 Å². The van der Waals surface area contributed by atoms with Gasteiger partial charge < -0.3 is 70.0 Å². The summed E-state index contributed by atoms with van der Waals surface area (Å²) in [5.74, 6) is -2.60. The number of carboxylic acids is 2. The highest BCUT2D eigenvalue weighted by Crippen LogP contribution is 2.76. The van der Waals surface area contributed by atoms with Gasteiger partial charge in [-0.05, 0) is 97.2 Å². The fourth-order valence-electron chi connectivity index (χ4n) is 13.8. The molecule has 58 heavy (non-hydrogen) atoms. The van der Waals surface area contributed by atoms with E-state index in [0.29, 0.717) is 25.7 Å². The van der Waals surface area contributed by atoms with Crippen LogP contribution < -0.4 is 0 Å². The maximum absolute atomic E-state index is 13.1. The summed E-state index contributed by atoms with van der Waals surface area (Å²) in [6.45, 7) is 11.9. The smallest absolute Gasteiger partial charge is 0.335 e. The molecule has 0 aromatic rings. The molecule has 330 valence electrons. The van der Waals surface area contributed by atoms with Gasteiger partial charge in [0.1, 0.15) is 42.7 Å². The Morgan fingerprint density at radius 3 is 2.03 bits per heavy atom. The van der Waals surface area contributed by atoms with Crippen molar-refractivity contribution < 1.29 is 79.6 Å². The molecule has 0 bridgehead atoms. The van der Waals surface area contributed by atoms with Crippen molar-refractivity contribution in [2.24, 2.45) is 50.2 Å². The first-order chi connectivity index (χ1) is 27.0. The van der Waals surface area contributed by atoms with E-state index in [1.54, 1.807) is 0 Å². The molecule has 4 saturated carbocycles. The van der Waals surface area contributed by atoms with Crippen LogP contribution in [0.2, 0.25) is 0 Å². The highest BCUT2D eigenvalue weighted by Gasteiger charge is 2.71. The van der Waals surface area contributed by atoms with Gasteiger partial charge in [-0.2, -0.15) is 0 Å². The average Bonchev–Trinajstić information content (AvgIpc) is 3.15. The quantitative estimate of drug-likeness (QED) is 0.120. The number of hydrogen-bond acceptors (Lipinski definition) is 14. The Bertz CT molecular complexity index is 1620. The molecule has 2 aliphatic heterocycles. The molecule has 7 rings (SSSR count). The molecule has 0 unspecified atom stereocenters. The lowest BCUT2D eigenvalue weighted by Gasteiger charge is -2.71. The largest absolute Gasteiger partial charge is 0.481 e. The van der Waals surface area contributed by atoms with E-state index in [4.69, 9.17) is 18.9 Å². The van der Waals surface area contributed by atoms with Crippen LogP contribution >= 0.6 is 0 Å². The zero-order valence-corrected chi connectivity index (χ0v) is 34.4. The monoisotopic (exact) mass is 826 g/mol. The van der Waals surface area contributed by atoms with E-state index in [2.05, 4.69) is 40.7 Å². The second-order valence-electron chi connectivity index (χ2n) is 20.7. The molecule has 0 aromatic carbocycles. The Morgan fingerprint density at radius 2 is 1.41 bits per heavy atom. The minimum atomic E-state index is -2.05. The molecule has 0 radical (unpaired) electrons. The van der Waals surface area contributed by atoms with Crippen LogP contribution in [0, 0.1) is 50.2 Å². The second-order valence-corrected chi connectivity index (χ2v) is 20.7. The van der Waals surface area contributed by atoms with Gasteiger partial charge in [0, 0.05) is 5.41 Å². The number of fused-ring (bicyclic) bond motifs is 7. The van der Waals surface area contributed by atoms with Gasteiger partial charge in [-0.3, -0.25) is 4.79 Å². The first-order valence-corrected chi connectivity index (χ1v) is 21.0. The van der Waals surface area contributed by atoms with Crippen molar-refractivity contribution in [3.8, 4) is 0 Å². The van der Waals surface area contributed by atoms with E-state index in [1.807, 2.05) is 6.92 Å². The molecule has 0 spiro atoms. The Morgan fingerprint density at radius 1 is 0.759 bits per heavy atom. The third-order valence-electron chi connectivity index (χ3n) is 17.3. The van der Waals surface area contributed by atoms with Crippen molar-refractivity contribution >= 4 is 11.9 Å². The van der Waals surface area contributed by atoms with Crippen molar-refractivity contribution in [1.82, 2.24) is 0 Å². The molecular weight excluding hydrogens is 760 g/mol. The van der Waals surface area contributed by atoms with Crippen LogP contribution in [0.25, 0.3) is 0 Å². The summed E-state index contributed by atoms with van der Waals surface area (Å²) in [5.41, 5.74) is -1.76. The summed E-state index contributed by atoms with van der Waals surface area (Å²) in [6, 6.07) is 0. The van der Waals surface area contributed by atoms with Gasteiger partial charge in [0.2, 0.25) is 0 Å². The summed E-state index contributed by atoms with van der Waals surface area (Å²) in [7, 11) is 0. The van der Waals surface area contributed by atoms with Crippen molar-refractivity contribution in [1.29, 1.82) is 0 Å². The number of carboxylic acid groups (broad SMARTS) is 2. The Kier molecular flexibility index (Phi) is 11.4. The summed E-state index contributed by atoms with van der Waals surface area (Å²) >= 11 is 0. The van der Waals surface area contributed by atoms with Crippen LogP contribution in [0.15, 0.2) is 11.6 Å². The Labute approximate surface area is 339 Å². The van der Waals surface area contributed by atoms with Crippen LogP contribution in [0.3, 0.4) is 0 Å². The summed E-state index contributed by atoms with van der Waals surface area (Å²) in [4.78, 5) is 25.4. The standard InChI is InChI=1S/C42H66O16/c1-37(2)11-13-42(36(53)54)14-12-40(5)19(20(42)15-37)7-8-24-38(3)16-21(45)32(39(4,18-44)23(38)9-10-41(24,40)6)58-35-29(50)30(28(49)31(57-35)33(51)52)56-34-27(48)26(47)25(46)22(17-43)55-34/h7,20-32,34-35,43-50H,8-18H2,1-6H3,(H,51,52)(H,53,54)/t20-,21-,22+,23+,24+,25-,26-,27+,28-,29+,30-,31-,32-,34-,35-,38-,39-,40+,41+,42-/m0/s1. The molecule has 2 heterocycles. The van der Waals surface area contributed by atoms with E-state index in [1.165, 1.54) is 5.57 Å². The number of allylic oxidation sites excluding steroid dienone is 2. The van der Waals surface area contributed by atoms with Gasteiger partial charge in [0.15, 0.2) is 18.7 Å². The van der Waals surface area contributed by atoms with Crippen molar-refractivity contribution in [3.05, 3.63) is 11.6 Å². The number of aliphatic carboxylic acids is 2. The molecule has 16 heteroatoms. The number of aliphatic hydroxyl groups is 8. The maximum atomic E-state index is 13.1. The first kappa shape index (κ1) is 44.3. The molecule has 16 nitrogen and oxygen atoms in total. The molecule has 5 aliphatic carbocycles. The SMILES string of the molecule is CC1(C)CC[C@]2(C(=O)O)CC[C@]3(C)C(=CC[C@@H]4[C@@]5(C)C[C@H](O)[C@H](O[C@@H]6O[C@H](C(=O)O)[C@@H](O)[C@H](O[C@@H]7O[C@H](CO)[C@H](O)[C@H](O)[C@H]7O)[C@H]6O)[C@@](C)(CO)[C@@H]5CC[C@]43C)[C@@H]2C1. The molecule has 10 N–H and O–H groups in total. The van der Waals surface area contributed by atoms with Gasteiger partial charge in [-0.1, -0.05) is 53.2 Å². The molecular formula is C42H66O16. The zero-order valence-electron chi connectivity index (χ0n) is 34.4. The minimum Gasteiger partial charge on any atom is -0.481 e. The lowest BCUT2D eigenvalue weighted by Crippen LogP contribution is -2.70. The molecule has 2 saturated heterocycles. The minimum absolute atomic E-state index is 0.0137. The van der Waals surface area contributed by atoms with Crippen LogP contribution in [-0.2, 0) is 28.5 Å². The average molecular weight is 827 g/mol. The van der Waals surface area contributed by atoms with Gasteiger partial charge >= 0.3 is 11.9 Å². The Balaban J connectivity index is 1.17. The van der Waals surface area contributed by atoms with Gasteiger partial charge in [-0.15, -0.1) is 0 Å². The van der Waals surface area contributed by atoms with Crippen molar-refractivity contribution in [3.63, 3.8) is 0 Å². The van der Waals surface area contributed by atoms with Crippen LogP contribution in [-0.4, -0.2) is 150 Å². The third kappa shape index (κ3) is 6.37. The molecule has 6 fully saturated rings. The predicted octanol–water partition coefficient (Wildman–Crippen LogP) is 0.918. The number of ether oxygens (including phenoxy) is 4. The van der Waals surface area contributed by atoms with E-state index in [9.17, 15) is 60.7 Å². The fourth-order valence-corrected chi connectivity index (χ4v) is 13.8. The normalized spacial score (nSPS) is 53.9. The molecule has 7 aliphatic rings. The second kappa shape index (κ2) is 14.9. The number of carbonyl (C=O) groups is 2. The van der Waals surface area contributed by atoms with Gasteiger partial charge in [0.25, 0.3) is 0 Å². The topological polar surface area (TPSA) is 273 Å². The summed E-state index contributed by atoms with van der Waals surface area (Å²) in [5, 5.41) is 108. The lowest BCUT2D eigenvalue weighted by molar-refractivity contribution is -0.371. The highest BCUT2D eigenvalue weighted by molar-refractivity contribution is 5.76. The van der Waals surface area contributed by atoms with Crippen LogP contribution in [0.1, 0.15) is 99.3 Å². The lowest BCUT2D eigenvalue weighted by atomic mass is 9.33. The Hall–Kier alpha value is -1.80. The maximum Gasteiger partial charge on any atom is 0.335 e. The third-order valence-corrected chi connectivity index (χ3v) is 17.3. The van der Waals surface area contributed by atoms with E-state index in [-0.39, 0.29) is 40.4 Å². The predicted molar refractivity (Wildman–Crippen MR) is 201 cm³/mol. The molecule has 20 atom stereocenters. The number of aliphatic hydroxyl groups excluding tert-OH is 8.